The largest absolute Gasteiger partial charge is 0.492 e. The second kappa shape index (κ2) is 9.32. The SMILES string of the molecule is CCOc1ccccc1NC(=O)[C@@H]1CN(S(=O)(=O)Cc2ccccc2)c2ccccc2O1. The molecule has 0 aromatic heterocycles. The molecule has 0 aliphatic carbocycles. The van der Waals surface area contributed by atoms with Crippen molar-refractivity contribution in [2.75, 3.05) is 22.8 Å². The number of anilines is 2. The van der Waals surface area contributed by atoms with E-state index < -0.39 is 22.0 Å². The molecule has 0 fully saturated rings. The lowest BCUT2D eigenvalue weighted by atomic mass is 10.2. The fourth-order valence-corrected chi connectivity index (χ4v) is 5.11. The van der Waals surface area contributed by atoms with Crippen LogP contribution in [0.4, 0.5) is 11.4 Å². The van der Waals surface area contributed by atoms with E-state index in [-0.39, 0.29) is 12.3 Å². The van der Waals surface area contributed by atoms with Crippen molar-refractivity contribution in [3.8, 4) is 11.5 Å². The number of sulfonamides is 1. The topological polar surface area (TPSA) is 84.9 Å². The summed E-state index contributed by atoms with van der Waals surface area (Å²) in [5, 5.41) is 2.81. The summed E-state index contributed by atoms with van der Waals surface area (Å²) in [6, 6.07) is 22.8. The van der Waals surface area contributed by atoms with Gasteiger partial charge in [-0.3, -0.25) is 9.10 Å². The number of hydrogen-bond acceptors (Lipinski definition) is 5. The summed E-state index contributed by atoms with van der Waals surface area (Å²) < 4.78 is 39.3. The molecule has 7 nitrogen and oxygen atoms in total. The van der Waals surface area contributed by atoms with Crippen LogP contribution in [0.2, 0.25) is 0 Å². The molecule has 1 atom stereocenters. The summed E-state index contributed by atoms with van der Waals surface area (Å²) >= 11 is 0. The zero-order valence-corrected chi connectivity index (χ0v) is 18.4. The normalized spacial score (nSPS) is 15.4. The smallest absolute Gasteiger partial charge is 0.267 e. The lowest BCUT2D eigenvalue weighted by Gasteiger charge is -2.34. The monoisotopic (exact) mass is 452 g/mol. The van der Waals surface area contributed by atoms with E-state index in [4.69, 9.17) is 9.47 Å². The Kier molecular flexibility index (Phi) is 6.32. The zero-order valence-electron chi connectivity index (χ0n) is 17.6. The van der Waals surface area contributed by atoms with Crippen LogP contribution in [0.5, 0.6) is 11.5 Å². The van der Waals surface area contributed by atoms with E-state index in [2.05, 4.69) is 5.32 Å². The lowest BCUT2D eigenvalue weighted by molar-refractivity contribution is -0.122. The standard InChI is InChI=1S/C24H24N2O5S/c1-2-30-21-14-8-6-12-19(21)25-24(27)23-16-26(20-13-7-9-15-22(20)31-23)32(28,29)17-18-10-4-3-5-11-18/h3-15,23H,2,16-17H2,1H3,(H,25,27)/t23-/m0/s1. The molecular formula is C24H24N2O5S. The second-order valence-electron chi connectivity index (χ2n) is 7.27. The summed E-state index contributed by atoms with van der Waals surface area (Å²) in [5.74, 6) is 0.247. The van der Waals surface area contributed by atoms with Crippen molar-refractivity contribution in [3.63, 3.8) is 0 Å². The third kappa shape index (κ3) is 4.70. The predicted octanol–water partition coefficient (Wildman–Crippen LogP) is 3.82. The molecule has 32 heavy (non-hydrogen) atoms. The maximum absolute atomic E-state index is 13.3. The molecule has 8 heteroatoms. The van der Waals surface area contributed by atoms with Gasteiger partial charge < -0.3 is 14.8 Å². The number of rotatable bonds is 7. The molecule has 0 radical (unpaired) electrons. The van der Waals surface area contributed by atoms with Crippen LogP contribution in [0, 0.1) is 0 Å². The quantitative estimate of drug-likeness (QED) is 0.589. The lowest BCUT2D eigenvalue weighted by Crippen LogP contribution is -2.49. The molecule has 0 saturated heterocycles. The van der Waals surface area contributed by atoms with E-state index in [9.17, 15) is 13.2 Å². The van der Waals surface area contributed by atoms with Gasteiger partial charge in [-0.25, -0.2) is 8.42 Å². The van der Waals surface area contributed by atoms with Crippen LogP contribution < -0.4 is 19.1 Å². The van der Waals surface area contributed by atoms with Gasteiger partial charge in [0.05, 0.1) is 30.3 Å². The predicted molar refractivity (Wildman–Crippen MR) is 124 cm³/mol. The van der Waals surface area contributed by atoms with Crippen LogP contribution in [0.25, 0.3) is 0 Å². The fourth-order valence-electron chi connectivity index (χ4n) is 3.53. The molecule has 166 valence electrons. The van der Waals surface area contributed by atoms with E-state index in [1.165, 1.54) is 4.31 Å². The Morgan fingerprint density at radius 3 is 2.50 bits per heavy atom. The average Bonchev–Trinajstić information content (AvgIpc) is 2.80. The average molecular weight is 453 g/mol. The van der Waals surface area contributed by atoms with E-state index in [1.54, 1.807) is 66.7 Å². The molecule has 0 bridgehead atoms. The van der Waals surface area contributed by atoms with Crippen LogP contribution in [0.15, 0.2) is 78.9 Å². The molecule has 1 heterocycles. The van der Waals surface area contributed by atoms with Gasteiger partial charge in [0.1, 0.15) is 11.5 Å². The molecule has 1 aliphatic rings. The number of carbonyl (C=O) groups is 1. The molecular weight excluding hydrogens is 428 g/mol. The third-order valence-corrected chi connectivity index (χ3v) is 6.72. The van der Waals surface area contributed by atoms with Gasteiger partial charge in [-0.15, -0.1) is 0 Å². The first-order valence-corrected chi connectivity index (χ1v) is 11.9. The number of para-hydroxylation sites is 4. The second-order valence-corrected chi connectivity index (χ2v) is 9.16. The molecule has 4 rings (SSSR count). The van der Waals surface area contributed by atoms with Crippen molar-refractivity contribution < 1.29 is 22.7 Å². The Morgan fingerprint density at radius 1 is 1.03 bits per heavy atom. The zero-order chi connectivity index (χ0) is 22.6. The van der Waals surface area contributed by atoms with Gasteiger partial charge in [-0.2, -0.15) is 0 Å². The highest BCUT2D eigenvalue weighted by Crippen LogP contribution is 2.36. The van der Waals surface area contributed by atoms with Gasteiger partial charge in [0.25, 0.3) is 5.91 Å². The highest BCUT2D eigenvalue weighted by molar-refractivity contribution is 7.92. The van der Waals surface area contributed by atoms with Gasteiger partial charge in [0.15, 0.2) is 6.10 Å². The Morgan fingerprint density at radius 2 is 1.72 bits per heavy atom. The third-order valence-electron chi connectivity index (χ3n) is 5.00. The minimum absolute atomic E-state index is 0.130. The van der Waals surface area contributed by atoms with Gasteiger partial charge >= 0.3 is 0 Å². The molecule has 1 amide bonds. The van der Waals surface area contributed by atoms with E-state index in [0.717, 1.165) is 0 Å². The summed E-state index contributed by atoms with van der Waals surface area (Å²) in [5.41, 5.74) is 1.59. The fraction of sp³-hybridized carbons (Fsp3) is 0.208. The summed E-state index contributed by atoms with van der Waals surface area (Å²) in [6.07, 6.45) is -1.02. The van der Waals surface area contributed by atoms with Crippen molar-refractivity contribution in [2.45, 2.75) is 18.8 Å². The maximum atomic E-state index is 13.3. The highest BCUT2D eigenvalue weighted by atomic mass is 32.2. The van der Waals surface area contributed by atoms with Crippen LogP contribution in [0.3, 0.4) is 0 Å². The number of hydrogen-bond donors (Lipinski definition) is 1. The van der Waals surface area contributed by atoms with Crippen molar-refractivity contribution in [2.24, 2.45) is 0 Å². The first kappa shape index (κ1) is 21.7. The van der Waals surface area contributed by atoms with Crippen LogP contribution in [-0.4, -0.2) is 33.6 Å². The Labute approximate surface area is 187 Å². The highest BCUT2D eigenvalue weighted by Gasteiger charge is 2.36. The molecule has 3 aromatic carbocycles. The van der Waals surface area contributed by atoms with E-state index in [0.29, 0.717) is 35.0 Å². The van der Waals surface area contributed by atoms with Crippen LogP contribution >= 0.6 is 0 Å². The van der Waals surface area contributed by atoms with E-state index >= 15 is 0 Å². The molecule has 1 aliphatic heterocycles. The Hall–Kier alpha value is -3.52. The van der Waals surface area contributed by atoms with Crippen molar-refractivity contribution in [3.05, 3.63) is 84.4 Å². The van der Waals surface area contributed by atoms with Crippen LogP contribution in [0.1, 0.15) is 12.5 Å². The number of amides is 1. The number of ether oxygens (including phenoxy) is 2. The summed E-state index contributed by atoms with van der Waals surface area (Å²) in [6.45, 7) is 2.18. The number of fused-ring (bicyclic) bond motifs is 1. The summed E-state index contributed by atoms with van der Waals surface area (Å²) in [4.78, 5) is 13.1. The Balaban J connectivity index is 1.60. The minimum atomic E-state index is -3.76. The summed E-state index contributed by atoms with van der Waals surface area (Å²) in [7, 11) is -3.76. The molecule has 3 aromatic rings. The first-order chi connectivity index (χ1) is 15.5. The maximum Gasteiger partial charge on any atom is 0.267 e. The number of nitrogens with zero attached hydrogens (tertiary/aromatic N) is 1. The van der Waals surface area contributed by atoms with Gasteiger partial charge in [-0.1, -0.05) is 54.6 Å². The van der Waals surface area contributed by atoms with Gasteiger partial charge in [0.2, 0.25) is 10.0 Å². The first-order valence-electron chi connectivity index (χ1n) is 10.3. The van der Waals surface area contributed by atoms with Gasteiger partial charge in [-0.05, 0) is 36.8 Å². The molecule has 1 N–H and O–H groups in total. The van der Waals surface area contributed by atoms with Crippen molar-refractivity contribution >= 4 is 27.3 Å². The molecule has 0 spiro atoms. The Bertz CT molecular complexity index is 1200. The number of nitrogens with one attached hydrogen (secondary N) is 1. The number of carbonyl (C=O) groups excluding carboxylic acids is 1. The van der Waals surface area contributed by atoms with Crippen molar-refractivity contribution in [1.29, 1.82) is 0 Å². The van der Waals surface area contributed by atoms with Crippen LogP contribution in [-0.2, 0) is 20.6 Å². The van der Waals surface area contributed by atoms with E-state index in [1.807, 2.05) is 19.1 Å². The minimum Gasteiger partial charge on any atom is -0.492 e. The number of benzene rings is 3. The van der Waals surface area contributed by atoms with Gasteiger partial charge in [0, 0.05) is 0 Å². The molecule has 0 unspecified atom stereocenters. The van der Waals surface area contributed by atoms with Crippen molar-refractivity contribution in [1.82, 2.24) is 0 Å². The molecule has 0 saturated carbocycles.